The van der Waals surface area contributed by atoms with Gasteiger partial charge in [-0.15, -0.1) is 0 Å². The minimum atomic E-state index is -0.626. The molecule has 0 spiro atoms. The minimum Gasteiger partial charge on any atom is -0.497 e. The van der Waals surface area contributed by atoms with E-state index in [1.165, 1.54) is 12.8 Å². The quantitative estimate of drug-likeness (QED) is 0.878. The molecule has 118 valence electrons. The summed E-state index contributed by atoms with van der Waals surface area (Å²) in [5.74, 6) is 1.05. The van der Waals surface area contributed by atoms with Gasteiger partial charge in [-0.25, -0.2) is 0 Å². The number of carbonyl (C=O) groups is 1. The van der Waals surface area contributed by atoms with Crippen molar-refractivity contribution in [3.05, 3.63) is 35.9 Å². The van der Waals surface area contributed by atoms with Crippen LogP contribution in [-0.2, 0) is 4.79 Å². The molecule has 1 aliphatic heterocycles. The Morgan fingerprint density at radius 2 is 2.05 bits per heavy atom. The van der Waals surface area contributed by atoms with E-state index in [0.29, 0.717) is 18.4 Å². The predicted molar refractivity (Wildman–Crippen MR) is 85.8 cm³/mol. The third-order valence-corrected chi connectivity index (χ3v) is 4.78. The van der Waals surface area contributed by atoms with E-state index in [-0.39, 0.29) is 5.92 Å². The van der Waals surface area contributed by atoms with E-state index in [1.807, 2.05) is 24.3 Å². The molecule has 2 atom stereocenters. The van der Waals surface area contributed by atoms with Crippen LogP contribution in [0.25, 0.3) is 6.08 Å². The van der Waals surface area contributed by atoms with Crippen LogP contribution in [0.3, 0.4) is 0 Å². The van der Waals surface area contributed by atoms with Crippen LogP contribution in [0, 0.1) is 17.8 Å². The summed E-state index contributed by atoms with van der Waals surface area (Å²) in [6.07, 6.45) is 6.63. The van der Waals surface area contributed by atoms with Crippen LogP contribution < -0.4 is 4.74 Å². The Hall–Kier alpha value is -1.81. The number of ether oxygens (including phenoxy) is 1. The average molecular weight is 301 g/mol. The predicted octanol–water partition coefficient (Wildman–Crippen LogP) is 2.75. The van der Waals surface area contributed by atoms with E-state index in [0.717, 1.165) is 24.4 Å². The van der Waals surface area contributed by atoms with Gasteiger partial charge in [-0.05, 0) is 42.4 Å². The van der Waals surface area contributed by atoms with E-state index >= 15 is 0 Å². The van der Waals surface area contributed by atoms with E-state index in [1.54, 1.807) is 7.11 Å². The molecule has 4 heteroatoms. The van der Waals surface area contributed by atoms with Crippen LogP contribution in [0.15, 0.2) is 30.3 Å². The highest BCUT2D eigenvalue weighted by molar-refractivity contribution is 5.71. The van der Waals surface area contributed by atoms with Gasteiger partial charge in [0.15, 0.2) is 0 Å². The van der Waals surface area contributed by atoms with Gasteiger partial charge in [-0.1, -0.05) is 24.3 Å². The highest BCUT2D eigenvalue weighted by Crippen LogP contribution is 2.44. The zero-order valence-corrected chi connectivity index (χ0v) is 12.9. The zero-order chi connectivity index (χ0) is 15.5. The van der Waals surface area contributed by atoms with Gasteiger partial charge in [-0.3, -0.25) is 9.69 Å². The molecule has 2 fully saturated rings. The smallest absolute Gasteiger partial charge is 0.308 e. The summed E-state index contributed by atoms with van der Waals surface area (Å²) in [6, 6.07) is 7.93. The standard InChI is InChI=1S/C18H23NO3/c1-22-15-8-4-13(5-9-15)3-2-10-19-11-16(14-6-7-14)17(12-19)18(20)21/h2-5,8-9,14,16-17H,6-7,10-12H2,1H3,(H,20,21)/b3-2+/t16-,17+/m1/s1. The summed E-state index contributed by atoms with van der Waals surface area (Å²) in [5, 5.41) is 9.37. The number of carboxylic acids is 1. The second-order valence-corrected chi connectivity index (χ2v) is 6.34. The lowest BCUT2D eigenvalue weighted by molar-refractivity contribution is -0.142. The first kappa shape index (κ1) is 15.1. The number of hydrogen-bond donors (Lipinski definition) is 1. The third kappa shape index (κ3) is 3.50. The van der Waals surface area contributed by atoms with Crippen molar-refractivity contribution in [1.29, 1.82) is 0 Å². The lowest BCUT2D eigenvalue weighted by atomic mass is 9.92. The molecule has 1 heterocycles. The fourth-order valence-corrected chi connectivity index (χ4v) is 3.38. The number of hydrogen-bond acceptors (Lipinski definition) is 3. The van der Waals surface area contributed by atoms with Crippen LogP contribution in [0.2, 0.25) is 0 Å². The number of rotatable bonds is 6. The zero-order valence-electron chi connectivity index (χ0n) is 12.9. The maximum atomic E-state index is 11.4. The van der Waals surface area contributed by atoms with Crippen molar-refractivity contribution in [2.45, 2.75) is 12.8 Å². The molecule has 0 unspecified atom stereocenters. The molecule has 0 aromatic heterocycles. The summed E-state index contributed by atoms with van der Waals surface area (Å²) >= 11 is 0. The molecule has 0 bridgehead atoms. The van der Waals surface area contributed by atoms with Crippen LogP contribution in [-0.4, -0.2) is 42.7 Å². The molecule has 2 aliphatic rings. The molecule has 3 rings (SSSR count). The van der Waals surface area contributed by atoms with Crippen molar-refractivity contribution in [2.24, 2.45) is 17.8 Å². The average Bonchev–Trinajstić information content (AvgIpc) is 3.28. The lowest BCUT2D eigenvalue weighted by Crippen LogP contribution is -2.24. The minimum absolute atomic E-state index is 0.179. The maximum absolute atomic E-state index is 11.4. The molecule has 22 heavy (non-hydrogen) atoms. The van der Waals surface area contributed by atoms with Crippen LogP contribution in [0.5, 0.6) is 5.75 Å². The number of nitrogens with zero attached hydrogens (tertiary/aromatic N) is 1. The molecule has 1 aromatic rings. The summed E-state index contributed by atoms with van der Waals surface area (Å²) < 4.78 is 5.14. The van der Waals surface area contributed by atoms with Gasteiger partial charge in [0.1, 0.15) is 5.75 Å². The Morgan fingerprint density at radius 1 is 1.32 bits per heavy atom. The Morgan fingerprint density at radius 3 is 2.64 bits per heavy atom. The summed E-state index contributed by atoms with van der Waals surface area (Å²) in [4.78, 5) is 13.7. The molecule has 1 N–H and O–H groups in total. The third-order valence-electron chi connectivity index (χ3n) is 4.78. The first-order valence-corrected chi connectivity index (χ1v) is 7.93. The van der Waals surface area contributed by atoms with Crippen molar-refractivity contribution >= 4 is 12.0 Å². The Labute approximate surface area is 131 Å². The topological polar surface area (TPSA) is 49.8 Å². The Balaban J connectivity index is 1.54. The first-order valence-electron chi connectivity index (χ1n) is 7.93. The highest BCUT2D eigenvalue weighted by Gasteiger charge is 2.45. The molecular formula is C18H23NO3. The number of carboxylic acid groups (broad SMARTS) is 1. The second kappa shape index (κ2) is 6.53. The van der Waals surface area contributed by atoms with Gasteiger partial charge in [-0.2, -0.15) is 0 Å². The molecule has 0 amide bonds. The van der Waals surface area contributed by atoms with Crippen LogP contribution in [0.4, 0.5) is 0 Å². The molecule has 1 saturated heterocycles. The molecule has 0 radical (unpaired) electrons. The normalized spacial score (nSPS) is 25.7. The van der Waals surface area contributed by atoms with E-state index in [2.05, 4.69) is 17.1 Å². The Kier molecular flexibility index (Phi) is 4.48. The number of benzene rings is 1. The largest absolute Gasteiger partial charge is 0.497 e. The van der Waals surface area contributed by atoms with Gasteiger partial charge in [0.2, 0.25) is 0 Å². The molecule has 4 nitrogen and oxygen atoms in total. The maximum Gasteiger partial charge on any atom is 0.308 e. The van der Waals surface area contributed by atoms with Crippen molar-refractivity contribution in [3.8, 4) is 5.75 Å². The number of likely N-dealkylation sites (tertiary alicyclic amines) is 1. The van der Waals surface area contributed by atoms with Crippen molar-refractivity contribution in [2.75, 3.05) is 26.7 Å². The fourth-order valence-electron chi connectivity index (χ4n) is 3.38. The second-order valence-electron chi connectivity index (χ2n) is 6.34. The van der Waals surface area contributed by atoms with Crippen molar-refractivity contribution in [3.63, 3.8) is 0 Å². The first-order chi connectivity index (χ1) is 10.7. The fraction of sp³-hybridized carbons (Fsp3) is 0.500. The van der Waals surface area contributed by atoms with E-state index < -0.39 is 5.97 Å². The van der Waals surface area contributed by atoms with E-state index in [4.69, 9.17) is 4.74 Å². The van der Waals surface area contributed by atoms with Crippen LogP contribution in [0.1, 0.15) is 18.4 Å². The van der Waals surface area contributed by atoms with Gasteiger partial charge in [0, 0.05) is 19.6 Å². The number of aliphatic carboxylic acids is 1. The molecule has 1 aromatic carbocycles. The van der Waals surface area contributed by atoms with Gasteiger partial charge < -0.3 is 9.84 Å². The van der Waals surface area contributed by atoms with Crippen molar-refractivity contribution < 1.29 is 14.6 Å². The molecular weight excluding hydrogens is 278 g/mol. The van der Waals surface area contributed by atoms with Gasteiger partial charge in [0.25, 0.3) is 0 Å². The number of methoxy groups -OCH3 is 1. The monoisotopic (exact) mass is 301 g/mol. The van der Waals surface area contributed by atoms with Gasteiger partial charge >= 0.3 is 5.97 Å². The summed E-state index contributed by atoms with van der Waals surface area (Å²) in [5.41, 5.74) is 1.13. The summed E-state index contributed by atoms with van der Waals surface area (Å²) in [7, 11) is 1.66. The van der Waals surface area contributed by atoms with Crippen LogP contribution >= 0.6 is 0 Å². The SMILES string of the molecule is COc1ccc(/C=C/CN2C[C@H](C(=O)O)[C@@H](C3CC3)C2)cc1. The van der Waals surface area contributed by atoms with E-state index in [9.17, 15) is 9.90 Å². The lowest BCUT2D eigenvalue weighted by Gasteiger charge is -2.13. The summed E-state index contributed by atoms with van der Waals surface area (Å²) in [6.45, 7) is 2.43. The highest BCUT2D eigenvalue weighted by atomic mass is 16.5. The molecule has 1 aliphatic carbocycles. The van der Waals surface area contributed by atoms with Crippen molar-refractivity contribution in [1.82, 2.24) is 4.90 Å². The van der Waals surface area contributed by atoms with Gasteiger partial charge in [0.05, 0.1) is 13.0 Å². The Bertz CT molecular complexity index is 548. The molecule has 1 saturated carbocycles.